The highest BCUT2D eigenvalue weighted by molar-refractivity contribution is 8.16. The zero-order chi connectivity index (χ0) is 20.8. The van der Waals surface area contributed by atoms with Gasteiger partial charge in [-0.05, 0) is 42.3 Å². The van der Waals surface area contributed by atoms with Crippen LogP contribution in [0.15, 0.2) is 47.5 Å². The predicted molar refractivity (Wildman–Crippen MR) is 110 cm³/mol. The summed E-state index contributed by atoms with van der Waals surface area (Å²) >= 11 is 1.23. The van der Waals surface area contributed by atoms with Gasteiger partial charge in [-0.2, -0.15) is 4.99 Å². The Balaban J connectivity index is 1.65. The van der Waals surface area contributed by atoms with Gasteiger partial charge >= 0.3 is 0 Å². The largest absolute Gasteiger partial charge is 0.315 e. The molecule has 0 N–H and O–H groups in total. The monoisotopic (exact) mass is 436 g/mol. The summed E-state index contributed by atoms with van der Waals surface area (Å²) in [5.74, 6) is -1.29. The summed E-state index contributed by atoms with van der Waals surface area (Å²) in [5.41, 5.74) is 1.57. The van der Waals surface area contributed by atoms with Crippen LogP contribution in [0, 0.1) is 18.6 Å². The van der Waals surface area contributed by atoms with Crippen molar-refractivity contribution in [3.8, 4) is 0 Å². The number of hydrogen-bond donors (Lipinski definition) is 0. The fourth-order valence-electron chi connectivity index (χ4n) is 3.52. The standard InChI is InChI=1S/C20H18F2N2O3S2/c1-12-2-7-15(9-16(12)22)24-17-10-29(26,27)11-18(17)28-20(24)23-19(25)8-13-3-5-14(21)6-4-13/h2-7,9,17-18H,8,10-11H2,1H3/t17-,18-/m1/s1. The quantitative estimate of drug-likeness (QED) is 0.740. The Morgan fingerprint density at radius 2 is 1.90 bits per heavy atom. The molecular weight excluding hydrogens is 418 g/mol. The van der Waals surface area contributed by atoms with Gasteiger partial charge in [0.15, 0.2) is 15.0 Å². The Morgan fingerprint density at radius 3 is 2.59 bits per heavy atom. The number of amides is 1. The van der Waals surface area contributed by atoms with Crippen LogP contribution in [0.3, 0.4) is 0 Å². The number of thioether (sulfide) groups is 1. The van der Waals surface area contributed by atoms with Crippen molar-refractivity contribution in [3.63, 3.8) is 0 Å². The van der Waals surface area contributed by atoms with Crippen LogP contribution in [0.4, 0.5) is 14.5 Å². The molecule has 9 heteroatoms. The summed E-state index contributed by atoms with van der Waals surface area (Å²) < 4.78 is 51.4. The van der Waals surface area contributed by atoms with Gasteiger partial charge in [0.1, 0.15) is 11.6 Å². The summed E-state index contributed by atoms with van der Waals surface area (Å²) in [7, 11) is -3.20. The second-order valence-electron chi connectivity index (χ2n) is 7.20. The molecular formula is C20H18F2N2O3S2. The van der Waals surface area contributed by atoms with Crippen LogP contribution in [0.5, 0.6) is 0 Å². The molecule has 0 aliphatic carbocycles. The number of hydrogen-bond acceptors (Lipinski definition) is 4. The number of rotatable bonds is 3. The minimum Gasteiger partial charge on any atom is -0.315 e. The predicted octanol–water partition coefficient (Wildman–Crippen LogP) is 3.12. The van der Waals surface area contributed by atoms with Crippen molar-refractivity contribution in [1.82, 2.24) is 0 Å². The highest BCUT2D eigenvalue weighted by atomic mass is 32.2. The summed E-state index contributed by atoms with van der Waals surface area (Å²) in [5, 5.41) is 0.104. The van der Waals surface area contributed by atoms with E-state index < -0.39 is 27.6 Å². The fourth-order valence-corrected chi connectivity index (χ4v) is 7.45. The minimum absolute atomic E-state index is 0.00164. The number of fused-ring (bicyclic) bond motifs is 1. The molecule has 2 saturated heterocycles. The van der Waals surface area contributed by atoms with E-state index in [1.807, 2.05) is 0 Å². The lowest BCUT2D eigenvalue weighted by molar-refractivity contribution is -0.117. The second kappa shape index (κ2) is 7.53. The van der Waals surface area contributed by atoms with Crippen molar-refractivity contribution in [1.29, 1.82) is 0 Å². The molecule has 1 amide bonds. The van der Waals surface area contributed by atoms with Crippen LogP contribution >= 0.6 is 11.8 Å². The smallest absolute Gasteiger partial charge is 0.252 e. The molecule has 29 heavy (non-hydrogen) atoms. The van der Waals surface area contributed by atoms with E-state index in [4.69, 9.17) is 0 Å². The second-order valence-corrected chi connectivity index (χ2v) is 10.6. The van der Waals surface area contributed by atoms with E-state index in [9.17, 15) is 22.0 Å². The van der Waals surface area contributed by atoms with Gasteiger partial charge in [-0.15, -0.1) is 0 Å². The van der Waals surface area contributed by atoms with Crippen LogP contribution in [-0.4, -0.2) is 42.3 Å². The number of halogens is 2. The average Bonchev–Trinajstić information content (AvgIpc) is 3.10. The van der Waals surface area contributed by atoms with E-state index >= 15 is 0 Å². The number of aryl methyl sites for hydroxylation is 1. The molecule has 0 spiro atoms. The van der Waals surface area contributed by atoms with Crippen molar-refractivity contribution >= 4 is 38.4 Å². The first kappa shape index (κ1) is 20.0. The number of anilines is 1. The number of carbonyl (C=O) groups excluding carboxylic acids is 1. The summed E-state index contributed by atoms with van der Waals surface area (Å²) in [4.78, 5) is 18.3. The molecule has 2 aromatic carbocycles. The summed E-state index contributed by atoms with van der Waals surface area (Å²) in [6.45, 7) is 1.64. The van der Waals surface area contributed by atoms with Gasteiger partial charge in [0.2, 0.25) is 0 Å². The molecule has 0 bridgehead atoms. The van der Waals surface area contributed by atoms with Crippen molar-refractivity contribution in [2.75, 3.05) is 16.4 Å². The Hall–Kier alpha value is -2.26. The van der Waals surface area contributed by atoms with Crippen LogP contribution in [-0.2, 0) is 21.1 Å². The number of carbonyl (C=O) groups is 1. The third-order valence-electron chi connectivity index (χ3n) is 4.99. The number of amidine groups is 1. The highest BCUT2D eigenvalue weighted by Gasteiger charge is 2.49. The zero-order valence-corrected chi connectivity index (χ0v) is 17.1. The number of aliphatic imine (C=N–C) groups is 1. The number of benzene rings is 2. The zero-order valence-electron chi connectivity index (χ0n) is 15.5. The van der Waals surface area contributed by atoms with E-state index in [1.165, 1.54) is 42.1 Å². The third kappa shape index (κ3) is 4.20. The molecule has 4 rings (SSSR count). The van der Waals surface area contributed by atoms with Crippen LogP contribution < -0.4 is 4.90 Å². The normalized spacial score (nSPS) is 24.1. The van der Waals surface area contributed by atoms with E-state index in [0.717, 1.165) is 0 Å². The van der Waals surface area contributed by atoms with E-state index in [2.05, 4.69) is 4.99 Å². The topological polar surface area (TPSA) is 66.8 Å². The molecule has 2 heterocycles. The Bertz CT molecular complexity index is 1100. The first-order chi connectivity index (χ1) is 13.7. The Morgan fingerprint density at radius 1 is 1.17 bits per heavy atom. The van der Waals surface area contributed by atoms with Gasteiger partial charge < -0.3 is 4.90 Å². The number of sulfone groups is 1. The Kier molecular flexibility index (Phi) is 5.20. The van der Waals surface area contributed by atoms with Gasteiger partial charge in [0.25, 0.3) is 5.91 Å². The van der Waals surface area contributed by atoms with E-state index in [0.29, 0.717) is 22.0 Å². The molecule has 2 fully saturated rings. The first-order valence-corrected chi connectivity index (χ1v) is 11.7. The van der Waals surface area contributed by atoms with Crippen LogP contribution in [0.2, 0.25) is 0 Å². The Labute approximate surface area is 171 Å². The minimum atomic E-state index is -3.20. The highest BCUT2D eigenvalue weighted by Crippen LogP contribution is 2.41. The maximum Gasteiger partial charge on any atom is 0.252 e. The van der Waals surface area contributed by atoms with Gasteiger partial charge in [-0.25, -0.2) is 17.2 Å². The molecule has 0 saturated carbocycles. The maximum atomic E-state index is 14.1. The van der Waals surface area contributed by atoms with Gasteiger partial charge in [-0.3, -0.25) is 4.79 Å². The third-order valence-corrected chi connectivity index (χ3v) is 8.20. The molecule has 0 aromatic heterocycles. The van der Waals surface area contributed by atoms with Gasteiger partial charge in [0, 0.05) is 10.9 Å². The van der Waals surface area contributed by atoms with E-state index in [1.54, 1.807) is 24.0 Å². The summed E-state index contributed by atoms with van der Waals surface area (Å²) in [6, 6.07) is 9.84. The lowest BCUT2D eigenvalue weighted by Crippen LogP contribution is -2.37. The lowest BCUT2D eigenvalue weighted by Gasteiger charge is -2.24. The van der Waals surface area contributed by atoms with Crippen LogP contribution in [0.25, 0.3) is 0 Å². The van der Waals surface area contributed by atoms with Crippen molar-refractivity contribution in [2.45, 2.75) is 24.6 Å². The maximum absolute atomic E-state index is 14.1. The van der Waals surface area contributed by atoms with Crippen molar-refractivity contribution in [3.05, 3.63) is 65.2 Å². The molecule has 5 nitrogen and oxygen atoms in total. The van der Waals surface area contributed by atoms with Gasteiger partial charge in [0.05, 0.1) is 24.0 Å². The molecule has 2 atom stereocenters. The molecule has 152 valence electrons. The molecule has 2 aliphatic rings. The number of nitrogens with zero attached hydrogens (tertiary/aromatic N) is 2. The van der Waals surface area contributed by atoms with Crippen LogP contribution in [0.1, 0.15) is 11.1 Å². The molecule has 0 radical (unpaired) electrons. The summed E-state index contributed by atoms with van der Waals surface area (Å²) in [6.07, 6.45) is -0.00588. The molecule has 2 aliphatic heterocycles. The molecule has 2 aromatic rings. The van der Waals surface area contributed by atoms with Crippen molar-refractivity contribution < 1.29 is 22.0 Å². The SMILES string of the molecule is Cc1ccc(N2C(=NC(=O)Cc3ccc(F)cc3)S[C@@H]3CS(=O)(=O)C[C@H]32)cc1F. The average molecular weight is 437 g/mol. The fraction of sp³-hybridized carbons (Fsp3) is 0.300. The lowest BCUT2D eigenvalue weighted by atomic mass is 10.1. The van der Waals surface area contributed by atoms with E-state index in [-0.39, 0.29) is 29.0 Å². The van der Waals surface area contributed by atoms with Crippen molar-refractivity contribution in [2.24, 2.45) is 4.99 Å². The molecule has 0 unspecified atom stereocenters. The van der Waals surface area contributed by atoms with Gasteiger partial charge in [-0.1, -0.05) is 30.0 Å². The first-order valence-electron chi connectivity index (χ1n) is 9.00.